The highest BCUT2D eigenvalue weighted by Crippen LogP contribution is 2.22. The highest BCUT2D eigenvalue weighted by Gasteiger charge is 2.17. The summed E-state index contributed by atoms with van der Waals surface area (Å²) in [5.74, 6) is -1.63. The van der Waals surface area contributed by atoms with Crippen LogP contribution in [0, 0.1) is 5.82 Å². The molecular formula is C19H15FN2O3. The number of anilines is 1. The van der Waals surface area contributed by atoms with Crippen LogP contribution in [0.2, 0.25) is 0 Å². The van der Waals surface area contributed by atoms with Crippen molar-refractivity contribution in [2.75, 3.05) is 11.9 Å². The Kier molecular flexibility index (Phi) is 4.70. The Morgan fingerprint density at radius 3 is 2.72 bits per heavy atom. The van der Waals surface area contributed by atoms with Crippen LogP contribution >= 0.6 is 0 Å². The lowest BCUT2D eigenvalue weighted by Crippen LogP contribution is -2.16. The fourth-order valence-electron chi connectivity index (χ4n) is 2.50. The number of hydrogen-bond donors (Lipinski definition) is 1. The normalized spacial score (nSPS) is 10.5. The maximum absolute atomic E-state index is 13.8. The van der Waals surface area contributed by atoms with Gasteiger partial charge in [-0.1, -0.05) is 18.2 Å². The van der Waals surface area contributed by atoms with Crippen LogP contribution in [0.4, 0.5) is 10.1 Å². The number of aromatic nitrogens is 1. The first-order chi connectivity index (χ1) is 12.1. The molecule has 1 heterocycles. The van der Waals surface area contributed by atoms with E-state index in [0.717, 1.165) is 6.07 Å². The monoisotopic (exact) mass is 338 g/mol. The molecule has 0 saturated carbocycles. The topological polar surface area (TPSA) is 68.3 Å². The minimum absolute atomic E-state index is 0.0919. The van der Waals surface area contributed by atoms with Crippen LogP contribution in [-0.2, 0) is 4.74 Å². The fourth-order valence-corrected chi connectivity index (χ4v) is 2.50. The number of ether oxygens (including phenoxy) is 1. The van der Waals surface area contributed by atoms with Gasteiger partial charge in [-0.05, 0) is 37.3 Å². The van der Waals surface area contributed by atoms with Crippen molar-refractivity contribution in [3.63, 3.8) is 0 Å². The summed E-state index contributed by atoms with van der Waals surface area (Å²) >= 11 is 0. The minimum atomic E-state index is -0.556. The van der Waals surface area contributed by atoms with Gasteiger partial charge >= 0.3 is 5.97 Å². The maximum atomic E-state index is 13.8. The van der Waals surface area contributed by atoms with Crippen LogP contribution in [0.5, 0.6) is 0 Å². The van der Waals surface area contributed by atoms with Gasteiger partial charge in [0, 0.05) is 11.6 Å². The van der Waals surface area contributed by atoms with E-state index in [0.29, 0.717) is 16.6 Å². The molecular weight excluding hydrogens is 323 g/mol. The Bertz CT molecular complexity index is 956. The van der Waals surface area contributed by atoms with E-state index in [1.165, 1.54) is 12.3 Å². The van der Waals surface area contributed by atoms with Crippen LogP contribution in [0.1, 0.15) is 27.6 Å². The van der Waals surface area contributed by atoms with Crippen LogP contribution < -0.4 is 5.32 Å². The van der Waals surface area contributed by atoms with Gasteiger partial charge in [-0.3, -0.25) is 9.78 Å². The van der Waals surface area contributed by atoms with Crippen molar-refractivity contribution in [3.05, 3.63) is 71.7 Å². The SMILES string of the molecule is CCOC(=O)c1ccccc1NC(=O)c1cc(F)cc2cccnc12. The lowest BCUT2D eigenvalue weighted by molar-refractivity contribution is 0.0527. The standard InChI is InChI=1S/C19H15FN2O3/c1-2-25-19(24)14-7-3-4-8-16(14)22-18(23)15-11-13(20)10-12-6-5-9-21-17(12)15/h3-11H,2H2,1H3,(H,22,23). The van der Waals surface area contributed by atoms with E-state index in [9.17, 15) is 14.0 Å². The Morgan fingerprint density at radius 1 is 1.12 bits per heavy atom. The molecule has 6 heteroatoms. The largest absolute Gasteiger partial charge is 0.462 e. The van der Waals surface area contributed by atoms with E-state index in [1.54, 1.807) is 43.3 Å². The van der Waals surface area contributed by atoms with Gasteiger partial charge in [0.15, 0.2) is 0 Å². The van der Waals surface area contributed by atoms with Gasteiger partial charge in [-0.15, -0.1) is 0 Å². The molecule has 0 aliphatic carbocycles. The van der Waals surface area contributed by atoms with Crippen molar-refractivity contribution in [1.29, 1.82) is 0 Å². The number of esters is 1. The van der Waals surface area contributed by atoms with Gasteiger partial charge in [0.25, 0.3) is 5.91 Å². The van der Waals surface area contributed by atoms with Crippen LogP contribution in [0.25, 0.3) is 10.9 Å². The predicted octanol–water partition coefficient (Wildman–Crippen LogP) is 3.80. The second-order valence-corrected chi connectivity index (χ2v) is 5.25. The molecule has 0 bridgehead atoms. The number of carbonyl (C=O) groups is 2. The number of fused-ring (bicyclic) bond motifs is 1. The van der Waals surface area contributed by atoms with E-state index in [1.807, 2.05) is 0 Å². The number of pyridine rings is 1. The molecule has 2 aromatic carbocycles. The van der Waals surface area contributed by atoms with Crippen molar-refractivity contribution in [1.82, 2.24) is 4.98 Å². The molecule has 0 unspecified atom stereocenters. The molecule has 1 amide bonds. The highest BCUT2D eigenvalue weighted by atomic mass is 19.1. The minimum Gasteiger partial charge on any atom is -0.462 e. The number of halogens is 1. The van der Waals surface area contributed by atoms with E-state index in [2.05, 4.69) is 10.3 Å². The molecule has 1 N–H and O–H groups in total. The van der Waals surface area contributed by atoms with Crippen molar-refractivity contribution in [2.45, 2.75) is 6.92 Å². The van der Waals surface area contributed by atoms with Crippen LogP contribution in [0.3, 0.4) is 0 Å². The van der Waals surface area contributed by atoms with Gasteiger partial charge in [0.05, 0.1) is 28.9 Å². The van der Waals surface area contributed by atoms with E-state index < -0.39 is 17.7 Å². The lowest BCUT2D eigenvalue weighted by Gasteiger charge is -2.11. The number of nitrogens with zero attached hydrogens (tertiary/aromatic N) is 1. The third-order valence-electron chi connectivity index (χ3n) is 3.58. The number of carbonyl (C=O) groups excluding carboxylic acids is 2. The molecule has 0 aliphatic heterocycles. The van der Waals surface area contributed by atoms with Gasteiger partial charge in [-0.25, -0.2) is 9.18 Å². The molecule has 5 nitrogen and oxygen atoms in total. The van der Waals surface area contributed by atoms with Crippen LogP contribution in [0.15, 0.2) is 54.7 Å². The smallest absolute Gasteiger partial charge is 0.340 e. The van der Waals surface area contributed by atoms with Gasteiger partial charge in [0.1, 0.15) is 5.82 Å². The molecule has 3 aromatic rings. The highest BCUT2D eigenvalue weighted by molar-refractivity contribution is 6.13. The number of para-hydroxylation sites is 1. The Balaban J connectivity index is 1.98. The summed E-state index contributed by atoms with van der Waals surface area (Å²) in [5.41, 5.74) is 0.995. The Morgan fingerprint density at radius 2 is 1.92 bits per heavy atom. The zero-order valence-corrected chi connectivity index (χ0v) is 13.5. The second kappa shape index (κ2) is 7.09. The average molecular weight is 338 g/mol. The molecule has 0 aliphatic rings. The summed E-state index contributed by atoms with van der Waals surface area (Å²) < 4.78 is 18.8. The van der Waals surface area contributed by atoms with Gasteiger partial charge in [-0.2, -0.15) is 0 Å². The van der Waals surface area contributed by atoms with E-state index in [-0.39, 0.29) is 17.7 Å². The van der Waals surface area contributed by atoms with Gasteiger partial charge in [0.2, 0.25) is 0 Å². The molecule has 126 valence electrons. The molecule has 0 spiro atoms. The fraction of sp³-hybridized carbons (Fsp3) is 0.105. The summed E-state index contributed by atoms with van der Waals surface area (Å²) in [6, 6.07) is 12.3. The van der Waals surface area contributed by atoms with Gasteiger partial charge < -0.3 is 10.1 Å². The third kappa shape index (κ3) is 3.47. The van der Waals surface area contributed by atoms with Crippen molar-refractivity contribution in [3.8, 4) is 0 Å². The molecule has 0 atom stereocenters. The number of rotatable bonds is 4. The van der Waals surface area contributed by atoms with Crippen molar-refractivity contribution in [2.24, 2.45) is 0 Å². The Labute approximate surface area is 143 Å². The lowest BCUT2D eigenvalue weighted by atomic mass is 10.1. The quantitative estimate of drug-likeness (QED) is 0.735. The summed E-state index contributed by atoms with van der Waals surface area (Å²) in [7, 11) is 0. The molecule has 0 radical (unpaired) electrons. The summed E-state index contributed by atoms with van der Waals surface area (Å²) in [5, 5.41) is 3.16. The maximum Gasteiger partial charge on any atom is 0.340 e. The van der Waals surface area contributed by atoms with E-state index >= 15 is 0 Å². The number of nitrogens with one attached hydrogen (secondary N) is 1. The predicted molar refractivity (Wildman–Crippen MR) is 92.1 cm³/mol. The second-order valence-electron chi connectivity index (χ2n) is 5.25. The van der Waals surface area contributed by atoms with Crippen molar-refractivity contribution < 1.29 is 18.7 Å². The number of amides is 1. The molecule has 0 fully saturated rings. The summed E-state index contributed by atoms with van der Waals surface area (Å²) in [4.78, 5) is 28.8. The summed E-state index contributed by atoms with van der Waals surface area (Å²) in [6.45, 7) is 1.92. The number of hydrogen-bond acceptors (Lipinski definition) is 4. The zero-order valence-electron chi connectivity index (χ0n) is 13.5. The first-order valence-electron chi connectivity index (χ1n) is 7.72. The van der Waals surface area contributed by atoms with E-state index in [4.69, 9.17) is 4.74 Å². The molecule has 1 aromatic heterocycles. The molecule has 25 heavy (non-hydrogen) atoms. The molecule has 3 rings (SSSR count). The van der Waals surface area contributed by atoms with Crippen LogP contribution in [-0.4, -0.2) is 23.5 Å². The number of benzene rings is 2. The first kappa shape index (κ1) is 16.6. The Hall–Kier alpha value is -3.28. The first-order valence-corrected chi connectivity index (χ1v) is 7.72. The summed E-state index contributed by atoms with van der Waals surface area (Å²) in [6.07, 6.45) is 1.53. The zero-order chi connectivity index (χ0) is 17.8. The third-order valence-corrected chi connectivity index (χ3v) is 3.58. The van der Waals surface area contributed by atoms with Crippen molar-refractivity contribution >= 4 is 28.5 Å². The molecule has 0 saturated heterocycles. The average Bonchev–Trinajstić information content (AvgIpc) is 2.61.